The molecule has 8 nitrogen and oxygen atoms in total. The average Bonchev–Trinajstić information content (AvgIpc) is 3.08. The Balaban J connectivity index is 1.41. The maximum absolute atomic E-state index is 13.7. The van der Waals surface area contributed by atoms with Gasteiger partial charge in [-0.2, -0.15) is 0 Å². The maximum atomic E-state index is 13.7. The molecular weight excluding hydrogens is 458 g/mol. The summed E-state index contributed by atoms with van der Waals surface area (Å²) in [4.78, 5) is 45.7. The van der Waals surface area contributed by atoms with E-state index in [1.807, 2.05) is 17.0 Å². The van der Waals surface area contributed by atoms with Crippen LogP contribution < -0.4 is 19.3 Å². The third-order valence-corrected chi connectivity index (χ3v) is 7.55. The summed E-state index contributed by atoms with van der Waals surface area (Å²) in [5, 5.41) is 0. The smallest absolute Gasteiger partial charge is 0.268 e. The predicted molar refractivity (Wildman–Crippen MR) is 137 cm³/mol. The Hall–Kier alpha value is -3.55. The minimum atomic E-state index is -0.363. The highest BCUT2D eigenvalue weighted by Crippen LogP contribution is 2.39. The summed E-state index contributed by atoms with van der Waals surface area (Å²) in [5.74, 6) is 0.368. The van der Waals surface area contributed by atoms with E-state index in [9.17, 15) is 14.4 Å². The van der Waals surface area contributed by atoms with Crippen LogP contribution in [0.1, 0.15) is 59.2 Å². The van der Waals surface area contributed by atoms with Gasteiger partial charge in [0.2, 0.25) is 5.91 Å². The molecule has 1 unspecified atom stereocenters. The molecule has 2 aromatic carbocycles. The van der Waals surface area contributed by atoms with Crippen LogP contribution in [0.2, 0.25) is 0 Å². The van der Waals surface area contributed by atoms with Gasteiger partial charge in [-0.1, -0.05) is 18.9 Å². The number of carbonyl (C=O) groups is 3. The van der Waals surface area contributed by atoms with Crippen LogP contribution in [0.25, 0.3) is 0 Å². The van der Waals surface area contributed by atoms with E-state index in [-0.39, 0.29) is 23.6 Å². The Bertz CT molecular complexity index is 1170. The van der Waals surface area contributed by atoms with Crippen LogP contribution in [0.3, 0.4) is 0 Å². The summed E-state index contributed by atoms with van der Waals surface area (Å²) in [7, 11) is 3.05. The van der Waals surface area contributed by atoms with E-state index >= 15 is 0 Å². The SMILES string of the molecule is COc1ccc(N2C(=O)c3cccc(N4CCCC(C(=O)N5CCCCCC5)C4)c3C2=O)cc1OC. The summed E-state index contributed by atoms with van der Waals surface area (Å²) in [6.45, 7) is 2.98. The number of hydrogen-bond acceptors (Lipinski definition) is 6. The van der Waals surface area contributed by atoms with Crippen LogP contribution in [0.4, 0.5) is 11.4 Å². The number of benzene rings is 2. The molecule has 0 aromatic heterocycles. The first-order valence-corrected chi connectivity index (χ1v) is 12.8. The Kier molecular flexibility index (Phi) is 6.85. The third kappa shape index (κ3) is 4.29. The van der Waals surface area contributed by atoms with Crippen LogP contribution in [-0.4, -0.2) is 63.0 Å². The number of ether oxygens (including phenoxy) is 2. The lowest BCUT2D eigenvalue weighted by Crippen LogP contribution is -2.45. The second-order valence-corrected chi connectivity index (χ2v) is 9.71. The van der Waals surface area contributed by atoms with Crippen LogP contribution >= 0.6 is 0 Å². The van der Waals surface area contributed by atoms with Gasteiger partial charge < -0.3 is 19.3 Å². The molecule has 2 aromatic rings. The molecule has 190 valence electrons. The molecule has 1 atom stereocenters. The van der Waals surface area contributed by atoms with Gasteiger partial charge in [-0.05, 0) is 49.9 Å². The molecule has 0 N–H and O–H groups in total. The van der Waals surface area contributed by atoms with Gasteiger partial charge in [0.1, 0.15) is 0 Å². The van der Waals surface area contributed by atoms with Crippen molar-refractivity contribution in [2.24, 2.45) is 5.92 Å². The highest BCUT2D eigenvalue weighted by atomic mass is 16.5. The number of methoxy groups -OCH3 is 2. The topological polar surface area (TPSA) is 79.4 Å². The molecule has 0 radical (unpaired) electrons. The predicted octanol–water partition coefficient (Wildman–Crippen LogP) is 4.12. The number of anilines is 2. The molecule has 0 aliphatic carbocycles. The van der Waals surface area contributed by atoms with Crippen LogP contribution in [0.15, 0.2) is 36.4 Å². The molecule has 0 saturated carbocycles. The molecule has 8 heteroatoms. The van der Waals surface area contributed by atoms with Gasteiger partial charge in [-0.25, -0.2) is 4.90 Å². The molecular formula is C28H33N3O5. The van der Waals surface area contributed by atoms with Gasteiger partial charge in [-0.15, -0.1) is 0 Å². The lowest BCUT2D eigenvalue weighted by atomic mass is 9.94. The van der Waals surface area contributed by atoms with Crippen molar-refractivity contribution in [1.29, 1.82) is 0 Å². The molecule has 2 fully saturated rings. The molecule has 3 aliphatic heterocycles. The summed E-state index contributed by atoms with van der Waals surface area (Å²) < 4.78 is 10.7. The van der Waals surface area contributed by atoms with Crippen molar-refractivity contribution in [3.8, 4) is 11.5 Å². The first-order chi connectivity index (χ1) is 17.5. The highest BCUT2D eigenvalue weighted by Gasteiger charge is 2.41. The van der Waals surface area contributed by atoms with E-state index in [0.29, 0.717) is 34.9 Å². The monoisotopic (exact) mass is 491 g/mol. The van der Waals surface area contributed by atoms with E-state index in [2.05, 4.69) is 4.90 Å². The van der Waals surface area contributed by atoms with E-state index in [4.69, 9.17) is 9.47 Å². The Morgan fingerprint density at radius 2 is 1.61 bits per heavy atom. The highest BCUT2D eigenvalue weighted by molar-refractivity contribution is 6.36. The zero-order valence-electron chi connectivity index (χ0n) is 21.0. The van der Waals surface area contributed by atoms with Gasteiger partial charge in [0.05, 0.1) is 42.6 Å². The summed E-state index contributed by atoms with van der Waals surface area (Å²) >= 11 is 0. The number of hydrogen-bond donors (Lipinski definition) is 0. The number of rotatable bonds is 5. The molecule has 0 bridgehead atoms. The number of fused-ring (bicyclic) bond motifs is 1. The van der Waals surface area contributed by atoms with Gasteiger partial charge in [-0.3, -0.25) is 14.4 Å². The molecule has 0 spiro atoms. The molecule has 5 rings (SSSR count). The average molecular weight is 492 g/mol. The number of piperidine rings is 1. The van der Waals surface area contributed by atoms with Crippen molar-refractivity contribution >= 4 is 29.1 Å². The summed E-state index contributed by atoms with van der Waals surface area (Å²) in [5.41, 5.74) is 1.94. The maximum Gasteiger partial charge on any atom is 0.268 e. The quantitative estimate of drug-likeness (QED) is 0.586. The molecule has 3 heterocycles. The standard InChI is InChI=1S/C28H33N3O5/c1-35-23-13-12-20(17-24(23)36-2)31-27(33)21-10-7-11-22(25(21)28(31)34)30-16-8-9-19(18-30)26(32)29-14-5-3-4-6-15-29/h7,10-13,17,19H,3-6,8-9,14-16,18H2,1-2H3. The van der Waals surface area contributed by atoms with Crippen LogP contribution in [0.5, 0.6) is 11.5 Å². The fourth-order valence-electron chi connectivity index (χ4n) is 5.68. The largest absolute Gasteiger partial charge is 0.493 e. The third-order valence-electron chi connectivity index (χ3n) is 7.55. The van der Waals surface area contributed by atoms with Crippen molar-refractivity contribution in [2.75, 3.05) is 50.2 Å². The Morgan fingerprint density at radius 3 is 2.33 bits per heavy atom. The van der Waals surface area contributed by atoms with Gasteiger partial charge in [0.15, 0.2) is 11.5 Å². The van der Waals surface area contributed by atoms with Gasteiger partial charge in [0.25, 0.3) is 11.8 Å². The fraction of sp³-hybridized carbons (Fsp3) is 0.464. The van der Waals surface area contributed by atoms with E-state index in [1.165, 1.54) is 32.0 Å². The molecule has 36 heavy (non-hydrogen) atoms. The molecule has 3 amide bonds. The fourth-order valence-corrected chi connectivity index (χ4v) is 5.68. The Morgan fingerprint density at radius 1 is 0.861 bits per heavy atom. The lowest BCUT2D eigenvalue weighted by molar-refractivity contribution is -0.135. The first kappa shape index (κ1) is 24.2. The van der Waals surface area contributed by atoms with Gasteiger partial charge >= 0.3 is 0 Å². The number of likely N-dealkylation sites (tertiary alicyclic amines) is 1. The number of amides is 3. The second kappa shape index (κ2) is 10.2. The van der Waals surface area contributed by atoms with E-state index in [0.717, 1.165) is 51.0 Å². The zero-order valence-corrected chi connectivity index (χ0v) is 21.0. The van der Waals surface area contributed by atoms with Crippen molar-refractivity contribution in [1.82, 2.24) is 4.90 Å². The van der Waals surface area contributed by atoms with Crippen LogP contribution in [0, 0.1) is 5.92 Å². The normalized spacial score (nSPS) is 20.3. The summed E-state index contributed by atoms with van der Waals surface area (Å²) in [6, 6.07) is 10.4. The number of carbonyl (C=O) groups excluding carboxylic acids is 3. The van der Waals surface area contributed by atoms with E-state index < -0.39 is 0 Å². The van der Waals surface area contributed by atoms with Crippen molar-refractivity contribution in [3.63, 3.8) is 0 Å². The minimum absolute atomic E-state index is 0.0955. The summed E-state index contributed by atoms with van der Waals surface area (Å²) in [6.07, 6.45) is 6.22. The Labute approximate surface area is 211 Å². The minimum Gasteiger partial charge on any atom is -0.493 e. The molecule has 2 saturated heterocycles. The second-order valence-electron chi connectivity index (χ2n) is 9.71. The van der Waals surface area contributed by atoms with Crippen molar-refractivity contribution in [3.05, 3.63) is 47.5 Å². The first-order valence-electron chi connectivity index (χ1n) is 12.8. The zero-order chi connectivity index (χ0) is 25.2. The lowest BCUT2D eigenvalue weighted by Gasteiger charge is -2.36. The number of imide groups is 1. The van der Waals surface area contributed by atoms with E-state index in [1.54, 1.807) is 24.3 Å². The van der Waals surface area contributed by atoms with Crippen molar-refractivity contribution in [2.45, 2.75) is 38.5 Å². The van der Waals surface area contributed by atoms with Gasteiger partial charge in [0, 0.05) is 32.2 Å². The van der Waals surface area contributed by atoms with Crippen molar-refractivity contribution < 1.29 is 23.9 Å². The molecule has 3 aliphatic rings. The number of nitrogens with zero attached hydrogens (tertiary/aromatic N) is 3. The van der Waals surface area contributed by atoms with Crippen LogP contribution in [-0.2, 0) is 4.79 Å².